The van der Waals surface area contributed by atoms with Gasteiger partial charge in [-0.15, -0.1) is 0 Å². The smallest absolute Gasteiger partial charge is 0.253 e. The summed E-state index contributed by atoms with van der Waals surface area (Å²) in [5, 5.41) is 0. The molecule has 0 spiro atoms. The molecule has 0 bridgehead atoms. The Bertz CT molecular complexity index is 403. The van der Waals surface area contributed by atoms with Crippen molar-refractivity contribution in [3.63, 3.8) is 0 Å². The van der Waals surface area contributed by atoms with Gasteiger partial charge in [0.1, 0.15) is 11.4 Å². The minimum absolute atomic E-state index is 0.350. The third kappa shape index (κ3) is 2.03. The minimum Gasteiger partial charge on any atom is -0.373 e. The van der Waals surface area contributed by atoms with E-state index in [0.717, 1.165) is 19.4 Å². The van der Waals surface area contributed by atoms with Crippen molar-refractivity contribution < 1.29 is 0 Å². The Hall–Kier alpha value is -1.32. The summed E-state index contributed by atoms with van der Waals surface area (Å²) in [6, 6.07) is 0. The van der Waals surface area contributed by atoms with Crippen molar-refractivity contribution in [1.29, 1.82) is 0 Å². The van der Waals surface area contributed by atoms with E-state index in [1.54, 1.807) is 19.0 Å². The van der Waals surface area contributed by atoms with Crippen molar-refractivity contribution in [2.75, 3.05) is 37.5 Å². The Morgan fingerprint density at radius 3 is 2.00 bits per heavy atom. The zero-order valence-corrected chi connectivity index (χ0v) is 9.83. The van der Waals surface area contributed by atoms with Crippen LogP contribution in [0.25, 0.3) is 0 Å². The van der Waals surface area contributed by atoms with E-state index in [1.165, 1.54) is 0 Å². The highest BCUT2D eigenvalue weighted by molar-refractivity contribution is 5.75. The molecule has 84 valence electrons. The van der Waals surface area contributed by atoms with Crippen molar-refractivity contribution in [1.82, 2.24) is 0 Å². The normalized spacial score (nSPS) is 10.7. The van der Waals surface area contributed by atoms with Crippen LogP contribution in [-0.2, 0) is 0 Å². The Morgan fingerprint density at radius 1 is 1.00 bits per heavy atom. The van der Waals surface area contributed by atoms with Crippen LogP contribution < -0.4 is 20.7 Å². The molecule has 0 unspecified atom stereocenters. The van der Waals surface area contributed by atoms with Gasteiger partial charge < -0.3 is 9.80 Å². The lowest BCUT2D eigenvalue weighted by molar-refractivity contribution is 0.761. The predicted molar refractivity (Wildman–Crippen MR) is 63.9 cm³/mol. The molecule has 15 heavy (non-hydrogen) atoms. The lowest BCUT2D eigenvalue weighted by atomic mass is 10.1. The highest BCUT2D eigenvalue weighted by Gasteiger charge is 2.24. The third-order valence-corrected chi connectivity index (χ3v) is 2.54. The molecule has 0 aromatic heterocycles. The molecule has 0 aliphatic rings. The van der Waals surface area contributed by atoms with Crippen LogP contribution in [0, 0.1) is 0 Å². The van der Waals surface area contributed by atoms with Gasteiger partial charge in [-0.1, -0.05) is 13.3 Å². The summed E-state index contributed by atoms with van der Waals surface area (Å²) >= 11 is 0. The third-order valence-electron chi connectivity index (χ3n) is 2.54. The average molecular weight is 210 g/mol. The first-order valence-corrected chi connectivity index (χ1v) is 5.22. The number of unbranched alkanes of at least 4 members (excludes halogenated alkanes) is 1. The molecule has 0 radical (unpaired) electrons. The van der Waals surface area contributed by atoms with E-state index < -0.39 is 0 Å². The molecule has 0 atom stereocenters. The van der Waals surface area contributed by atoms with E-state index in [0.29, 0.717) is 11.4 Å². The molecule has 0 saturated carbocycles. The van der Waals surface area contributed by atoms with Gasteiger partial charge in [-0.05, 0) is 6.42 Å². The van der Waals surface area contributed by atoms with E-state index in [1.807, 2.05) is 11.9 Å². The van der Waals surface area contributed by atoms with Crippen molar-refractivity contribution >= 4 is 11.4 Å². The van der Waals surface area contributed by atoms with Crippen LogP contribution in [0.5, 0.6) is 0 Å². The monoisotopic (exact) mass is 210 g/mol. The van der Waals surface area contributed by atoms with E-state index in [9.17, 15) is 9.59 Å². The van der Waals surface area contributed by atoms with E-state index in [-0.39, 0.29) is 10.9 Å². The number of nitrogens with zero attached hydrogens (tertiary/aromatic N) is 2. The van der Waals surface area contributed by atoms with E-state index in [2.05, 4.69) is 6.92 Å². The molecule has 0 heterocycles. The van der Waals surface area contributed by atoms with Crippen LogP contribution in [0.4, 0.5) is 11.4 Å². The Balaban J connectivity index is 2.90. The fourth-order valence-corrected chi connectivity index (χ4v) is 1.64. The average Bonchev–Trinajstić information content (AvgIpc) is 2.20. The van der Waals surface area contributed by atoms with Crippen LogP contribution >= 0.6 is 0 Å². The highest BCUT2D eigenvalue weighted by Crippen LogP contribution is 2.21. The first kappa shape index (κ1) is 11.8. The van der Waals surface area contributed by atoms with Gasteiger partial charge in [-0.2, -0.15) is 0 Å². The van der Waals surface area contributed by atoms with Crippen molar-refractivity contribution in [2.45, 2.75) is 19.8 Å². The first-order valence-electron chi connectivity index (χ1n) is 5.22. The largest absolute Gasteiger partial charge is 0.373 e. The highest BCUT2D eigenvalue weighted by atomic mass is 16.2. The zero-order valence-electron chi connectivity index (χ0n) is 9.83. The van der Waals surface area contributed by atoms with Crippen molar-refractivity contribution in [3.05, 3.63) is 20.4 Å². The van der Waals surface area contributed by atoms with Crippen molar-refractivity contribution in [3.8, 4) is 0 Å². The zero-order chi connectivity index (χ0) is 11.6. The molecular formula is C11H18N2O2. The molecule has 4 nitrogen and oxygen atoms in total. The maximum absolute atomic E-state index is 11.4. The number of rotatable bonds is 5. The summed E-state index contributed by atoms with van der Waals surface area (Å²) in [4.78, 5) is 26.3. The van der Waals surface area contributed by atoms with Gasteiger partial charge >= 0.3 is 0 Å². The SMILES string of the molecule is CCCCN(C)c1c(N(C)C)c(=O)c1=O. The van der Waals surface area contributed by atoms with Gasteiger partial charge in [-0.25, -0.2) is 0 Å². The summed E-state index contributed by atoms with van der Waals surface area (Å²) in [5.41, 5.74) is 0.396. The van der Waals surface area contributed by atoms with Crippen molar-refractivity contribution in [2.24, 2.45) is 0 Å². The molecule has 1 aromatic rings. The number of anilines is 2. The fourth-order valence-electron chi connectivity index (χ4n) is 1.64. The van der Waals surface area contributed by atoms with E-state index >= 15 is 0 Å². The molecule has 0 aliphatic carbocycles. The number of hydrogen-bond donors (Lipinski definition) is 0. The summed E-state index contributed by atoms with van der Waals surface area (Å²) in [6.07, 6.45) is 2.11. The lowest BCUT2D eigenvalue weighted by Crippen LogP contribution is -2.43. The van der Waals surface area contributed by atoms with Crippen LogP contribution in [0.15, 0.2) is 9.59 Å². The van der Waals surface area contributed by atoms with Gasteiger partial charge in [0.05, 0.1) is 0 Å². The molecule has 0 saturated heterocycles. The number of hydrogen-bond acceptors (Lipinski definition) is 4. The predicted octanol–water partition coefficient (Wildman–Crippen LogP) is 0.585. The Kier molecular flexibility index (Phi) is 3.50. The van der Waals surface area contributed by atoms with Gasteiger partial charge in [0.25, 0.3) is 10.9 Å². The summed E-state index contributed by atoms with van der Waals surface area (Å²) in [6.45, 7) is 2.92. The second-order valence-electron chi connectivity index (χ2n) is 4.02. The molecule has 0 N–H and O–H groups in total. The minimum atomic E-state index is -0.363. The van der Waals surface area contributed by atoms with Crippen LogP contribution in [0.2, 0.25) is 0 Å². The van der Waals surface area contributed by atoms with Crippen LogP contribution in [0.3, 0.4) is 0 Å². The fraction of sp³-hybridized carbons (Fsp3) is 0.636. The quantitative estimate of drug-likeness (QED) is 0.667. The van der Waals surface area contributed by atoms with Crippen LogP contribution in [0.1, 0.15) is 19.8 Å². The summed E-state index contributed by atoms with van der Waals surface area (Å²) in [5.74, 6) is 0. The molecular weight excluding hydrogens is 192 g/mol. The molecule has 0 fully saturated rings. The molecule has 4 heteroatoms. The maximum Gasteiger partial charge on any atom is 0.253 e. The molecule has 0 amide bonds. The second-order valence-corrected chi connectivity index (χ2v) is 4.02. The lowest BCUT2D eigenvalue weighted by Gasteiger charge is -2.26. The Morgan fingerprint density at radius 2 is 1.53 bits per heavy atom. The van der Waals surface area contributed by atoms with Gasteiger partial charge in [0.2, 0.25) is 0 Å². The van der Waals surface area contributed by atoms with Gasteiger partial charge in [0, 0.05) is 27.7 Å². The summed E-state index contributed by atoms with van der Waals surface area (Å²) < 4.78 is 0. The summed E-state index contributed by atoms with van der Waals surface area (Å²) in [7, 11) is 5.43. The van der Waals surface area contributed by atoms with Gasteiger partial charge in [0.15, 0.2) is 0 Å². The van der Waals surface area contributed by atoms with Crippen LogP contribution in [-0.4, -0.2) is 27.7 Å². The molecule has 1 rings (SSSR count). The first-order chi connectivity index (χ1) is 7.00. The molecule has 0 aliphatic heterocycles. The Labute approximate surface area is 89.8 Å². The standard InChI is InChI=1S/C11H18N2O2/c1-5-6-7-13(4)9-8(12(2)3)10(14)11(9)15/h5-7H2,1-4H3. The maximum atomic E-state index is 11.4. The molecule has 1 aromatic carbocycles. The van der Waals surface area contributed by atoms with Gasteiger partial charge in [-0.3, -0.25) is 9.59 Å². The second kappa shape index (κ2) is 4.47. The topological polar surface area (TPSA) is 40.6 Å². The van der Waals surface area contributed by atoms with E-state index in [4.69, 9.17) is 0 Å².